The summed E-state index contributed by atoms with van der Waals surface area (Å²) in [4.78, 5) is 46.7. The Balaban J connectivity index is 1.36. The van der Waals surface area contributed by atoms with Crippen molar-refractivity contribution in [3.8, 4) is 5.75 Å². The molecule has 2 heterocycles. The molecule has 1 aromatic heterocycles. The van der Waals surface area contributed by atoms with Crippen LogP contribution in [0, 0.1) is 0 Å². The number of nitrogens with zero attached hydrogens (tertiary/aromatic N) is 1. The summed E-state index contributed by atoms with van der Waals surface area (Å²) in [6.07, 6.45) is 4.86. The fourth-order valence-corrected chi connectivity index (χ4v) is 5.91. The number of benzene rings is 3. The molecule has 5 rings (SSSR count). The molecule has 1 fully saturated rings. The normalized spacial score (nSPS) is 16.3. The number of nitrogens with two attached hydrogens (primary N) is 1. The highest BCUT2D eigenvalue weighted by Crippen LogP contribution is 2.22. The Morgan fingerprint density at radius 2 is 1.65 bits per heavy atom. The summed E-state index contributed by atoms with van der Waals surface area (Å²) in [5.41, 5.74) is 9.79. The Kier molecular flexibility index (Phi) is 11.8. The second-order valence-corrected chi connectivity index (χ2v) is 12.2. The number of aliphatic hydroxyl groups excluding tert-OH is 1. The second-order valence-electron chi connectivity index (χ2n) is 12.2. The van der Waals surface area contributed by atoms with Gasteiger partial charge in [-0.2, -0.15) is 0 Å². The number of amides is 2. The van der Waals surface area contributed by atoms with E-state index in [1.54, 1.807) is 24.3 Å². The lowest BCUT2D eigenvalue weighted by Crippen LogP contribution is -2.58. The molecule has 3 aromatic carbocycles. The first kappa shape index (κ1) is 34.5. The topological polar surface area (TPSA) is 173 Å². The Morgan fingerprint density at radius 3 is 2.40 bits per heavy atom. The third-order valence-electron chi connectivity index (χ3n) is 8.62. The molecule has 0 radical (unpaired) electrons. The number of phenolic OH excluding ortho intramolecular Hbond substituents is 1. The number of aliphatic hydroxyl groups is 1. The maximum Gasteiger partial charge on any atom is 0.245 e. The summed E-state index contributed by atoms with van der Waals surface area (Å²) in [7, 11) is 0. The van der Waals surface area contributed by atoms with Gasteiger partial charge in [-0.05, 0) is 48.2 Å². The number of para-hydroxylation sites is 1. The summed E-state index contributed by atoms with van der Waals surface area (Å²) < 4.78 is 0. The molecule has 0 spiro atoms. The lowest BCUT2D eigenvalue weighted by molar-refractivity contribution is -0.132. The molecule has 1 saturated heterocycles. The summed E-state index contributed by atoms with van der Waals surface area (Å²) in [5, 5.41) is 29.8. The molecule has 8 N–H and O–H groups in total. The van der Waals surface area contributed by atoms with E-state index in [2.05, 4.69) is 25.8 Å². The van der Waals surface area contributed by atoms with Crippen LogP contribution in [0.15, 0.2) is 85.1 Å². The average Bonchev–Trinajstić information content (AvgIpc) is 3.50. The summed E-state index contributed by atoms with van der Waals surface area (Å²) >= 11 is 0. The molecule has 0 bridgehead atoms. The SMILES string of the molecule is CC(O)[C@@H](NC(=O)[C@@H](N)Cc1ccc(O)cc1)C(=O)N[C@@H](Cc1c[nH]c2ccccc12)C(=O)c1ccccc1/C=C/CN1CCNCC1. The first-order valence-corrected chi connectivity index (χ1v) is 16.3. The zero-order valence-electron chi connectivity index (χ0n) is 27.1. The minimum Gasteiger partial charge on any atom is -0.508 e. The number of hydrogen-bond acceptors (Lipinski definition) is 8. The van der Waals surface area contributed by atoms with Gasteiger partial charge in [0.25, 0.3) is 0 Å². The molecule has 1 unspecified atom stereocenters. The number of phenols is 1. The minimum atomic E-state index is -1.36. The van der Waals surface area contributed by atoms with Gasteiger partial charge in [0.05, 0.1) is 18.2 Å². The summed E-state index contributed by atoms with van der Waals surface area (Å²) in [6.45, 7) is 5.93. The predicted octanol–water partition coefficient (Wildman–Crippen LogP) is 2.14. The fourth-order valence-electron chi connectivity index (χ4n) is 5.91. The monoisotopic (exact) mass is 652 g/mol. The van der Waals surface area contributed by atoms with E-state index in [1.807, 2.05) is 54.7 Å². The Labute approximate surface area is 280 Å². The van der Waals surface area contributed by atoms with Crippen LogP contribution in [0.1, 0.15) is 34.0 Å². The van der Waals surface area contributed by atoms with E-state index < -0.39 is 36.0 Å². The first-order chi connectivity index (χ1) is 23.2. The number of nitrogens with one attached hydrogen (secondary N) is 4. The molecule has 0 aliphatic carbocycles. The summed E-state index contributed by atoms with van der Waals surface area (Å²) in [6, 6.07) is 17.9. The Morgan fingerprint density at radius 1 is 0.938 bits per heavy atom. The van der Waals surface area contributed by atoms with Crippen LogP contribution in [0.5, 0.6) is 5.75 Å². The maximum atomic E-state index is 14.3. The molecule has 1 aliphatic rings. The number of piperazine rings is 1. The number of aromatic nitrogens is 1. The largest absolute Gasteiger partial charge is 0.508 e. The molecular formula is C37H44N6O5. The summed E-state index contributed by atoms with van der Waals surface area (Å²) in [5.74, 6) is -1.55. The lowest BCUT2D eigenvalue weighted by Gasteiger charge is -2.26. The highest BCUT2D eigenvalue weighted by Gasteiger charge is 2.32. The third kappa shape index (κ3) is 8.96. The van der Waals surface area contributed by atoms with Crippen LogP contribution in [0.25, 0.3) is 17.0 Å². The first-order valence-electron chi connectivity index (χ1n) is 16.3. The molecule has 11 heteroatoms. The van der Waals surface area contributed by atoms with Crippen LogP contribution in [0.3, 0.4) is 0 Å². The number of H-pyrrole nitrogens is 1. The van der Waals surface area contributed by atoms with Crippen LogP contribution in [0.2, 0.25) is 0 Å². The number of hydrogen-bond donors (Lipinski definition) is 7. The van der Waals surface area contributed by atoms with Gasteiger partial charge in [-0.3, -0.25) is 19.3 Å². The molecule has 0 saturated carbocycles. The number of carbonyl (C=O) groups is 3. The number of aromatic hydroxyl groups is 1. The molecule has 4 atom stereocenters. The third-order valence-corrected chi connectivity index (χ3v) is 8.62. The van der Waals surface area contributed by atoms with E-state index in [-0.39, 0.29) is 24.4 Å². The zero-order chi connectivity index (χ0) is 34.0. The molecule has 2 amide bonds. The van der Waals surface area contributed by atoms with Crippen molar-refractivity contribution in [1.29, 1.82) is 0 Å². The standard InChI is InChI=1S/C37H44N6O5/c1-24(44)34(42-36(47)31(38)21-25-12-14-28(45)15-13-25)37(48)41-33(22-27-23-40-32-11-5-4-9-29(27)32)35(46)30-10-3-2-7-26(30)8-6-18-43-19-16-39-17-20-43/h2-15,23-24,31,33-34,39-40,44-45H,16-22,38H2,1H3,(H,41,48)(H,42,47)/b8-6+/t24?,31-,33-,34+/m0/s1. The number of aromatic amines is 1. The van der Waals surface area contributed by atoms with Crippen molar-refractivity contribution in [3.63, 3.8) is 0 Å². The lowest BCUT2D eigenvalue weighted by atomic mass is 9.93. The Hall–Kier alpha value is -4.81. The van der Waals surface area contributed by atoms with Crippen LogP contribution >= 0.6 is 0 Å². The van der Waals surface area contributed by atoms with Crippen LogP contribution in [0.4, 0.5) is 0 Å². The molecule has 48 heavy (non-hydrogen) atoms. The van der Waals surface area contributed by atoms with Gasteiger partial charge in [-0.15, -0.1) is 0 Å². The van der Waals surface area contributed by atoms with Crippen molar-refractivity contribution >= 4 is 34.6 Å². The number of carbonyl (C=O) groups excluding carboxylic acids is 3. The fraction of sp³-hybridized carbons (Fsp3) is 0.324. The van der Waals surface area contributed by atoms with Crippen LogP contribution in [-0.2, 0) is 22.4 Å². The number of Topliss-reactive ketones (excluding diaryl/α,β-unsaturated/α-hetero) is 1. The smallest absolute Gasteiger partial charge is 0.245 e. The van der Waals surface area contributed by atoms with Crippen molar-refractivity contribution in [2.24, 2.45) is 5.73 Å². The molecular weight excluding hydrogens is 608 g/mol. The van der Waals surface area contributed by atoms with Gasteiger partial charge in [0.15, 0.2) is 5.78 Å². The molecule has 252 valence electrons. The quantitative estimate of drug-likeness (QED) is 0.102. The van der Waals surface area contributed by atoms with Gasteiger partial charge in [-0.25, -0.2) is 0 Å². The van der Waals surface area contributed by atoms with E-state index in [9.17, 15) is 24.6 Å². The van der Waals surface area contributed by atoms with E-state index in [1.165, 1.54) is 19.1 Å². The van der Waals surface area contributed by atoms with Crippen LogP contribution < -0.4 is 21.7 Å². The van der Waals surface area contributed by atoms with E-state index in [4.69, 9.17) is 5.73 Å². The van der Waals surface area contributed by atoms with Crippen molar-refractivity contribution < 1.29 is 24.6 Å². The zero-order valence-corrected chi connectivity index (χ0v) is 27.1. The van der Waals surface area contributed by atoms with Gasteiger partial charge < -0.3 is 36.9 Å². The average molecular weight is 653 g/mol. The Bertz CT molecular complexity index is 1730. The van der Waals surface area contributed by atoms with E-state index in [0.29, 0.717) is 5.56 Å². The van der Waals surface area contributed by atoms with Gasteiger partial charge in [0.1, 0.15) is 11.8 Å². The van der Waals surface area contributed by atoms with Gasteiger partial charge >= 0.3 is 0 Å². The minimum absolute atomic E-state index is 0.0909. The van der Waals surface area contributed by atoms with E-state index >= 15 is 0 Å². The number of ketones is 1. The highest BCUT2D eigenvalue weighted by atomic mass is 16.3. The second kappa shape index (κ2) is 16.3. The van der Waals surface area contributed by atoms with Gasteiger partial charge in [-0.1, -0.05) is 66.7 Å². The van der Waals surface area contributed by atoms with Crippen molar-refractivity contribution in [2.75, 3.05) is 32.7 Å². The molecule has 11 nitrogen and oxygen atoms in total. The maximum absolute atomic E-state index is 14.3. The van der Waals surface area contributed by atoms with Gasteiger partial charge in [0, 0.05) is 61.8 Å². The number of rotatable bonds is 14. The van der Waals surface area contributed by atoms with Crippen LogP contribution in [-0.4, -0.2) is 94.6 Å². The van der Waals surface area contributed by atoms with Crippen molar-refractivity contribution in [2.45, 2.75) is 44.0 Å². The highest BCUT2D eigenvalue weighted by molar-refractivity contribution is 6.05. The van der Waals surface area contributed by atoms with Crippen molar-refractivity contribution in [3.05, 3.63) is 107 Å². The molecule has 1 aliphatic heterocycles. The van der Waals surface area contributed by atoms with Crippen molar-refractivity contribution in [1.82, 2.24) is 25.8 Å². The van der Waals surface area contributed by atoms with E-state index in [0.717, 1.165) is 60.3 Å². The molecule has 4 aromatic rings. The van der Waals surface area contributed by atoms with Gasteiger partial charge in [0.2, 0.25) is 11.8 Å². The predicted molar refractivity (Wildman–Crippen MR) is 186 cm³/mol. The number of fused-ring (bicyclic) bond motifs is 1.